The summed E-state index contributed by atoms with van der Waals surface area (Å²) in [5.41, 5.74) is 1.49. The summed E-state index contributed by atoms with van der Waals surface area (Å²) in [5.74, 6) is 3.62. The lowest BCUT2D eigenvalue weighted by Crippen LogP contribution is -2.02. The van der Waals surface area contributed by atoms with Gasteiger partial charge in [-0.25, -0.2) is 0 Å². The van der Waals surface area contributed by atoms with Crippen molar-refractivity contribution in [3.8, 4) is 0 Å². The maximum atomic E-state index is 4.12. The van der Waals surface area contributed by atoms with Crippen LogP contribution in [0.25, 0.3) is 0 Å². The Morgan fingerprint density at radius 2 is 2.42 bits per heavy atom. The van der Waals surface area contributed by atoms with E-state index in [1.807, 2.05) is 0 Å². The van der Waals surface area contributed by atoms with E-state index in [2.05, 4.69) is 25.3 Å². The normalized spacial score (nSPS) is 25.4. The second-order valence-corrected chi connectivity index (χ2v) is 4.94. The Hall–Kier alpha value is 0.0900. The third-order valence-electron chi connectivity index (χ3n) is 2.50. The van der Waals surface area contributed by atoms with Gasteiger partial charge in [0.1, 0.15) is 0 Å². The fourth-order valence-corrected chi connectivity index (χ4v) is 2.93. The monoisotopic (exact) mass is 184 g/mol. The first-order valence-electron chi connectivity index (χ1n) is 5.07. The van der Waals surface area contributed by atoms with Crippen LogP contribution in [0.15, 0.2) is 12.2 Å². The van der Waals surface area contributed by atoms with E-state index in [1.54, 1.807) is 0 Å². The largest absolute Gasteiger partial charge is 0.161 e. The van der Waals surface area contributed by atoms with Gasteiger partial charge in [-0.15, -0.1) is 0 Å². The van der Waals surface area contributed by atoms with Gasteiger partial charge in [-0.3, -0.25) is 0 Å². The third-order valence-corrected chi connectivity index (χ3v) is 3.70. The average Bonchev–Trinajstić information content (AvgIpc) is 2.26. The van der Waals surface area contributed by atoms with Gasteiger partial charge in [0.15, 0.2) is 0 Å². The molecule has 1 heterocycles. The molecule has 1 atom stereocenters. The molecule has 0 nitrogen and oxygen atoms in total. The van der Waals surface area contributed by atoms with E-state index in [4.69, 9.17) is 0 Å². The van der Waals surface area contributed by atoms with Gasteiger partial charge >= 0.3 is 0 Å². The highest BCUT2D eigenvalue weighted by molar-refractivity contribution is 7.99. The van der Waals surface area contributed by atoms with Crippen molar-refractivity contribution >= 4 is 11.8 Å². The number of allylic oxidation sites excluding steroid dienone is 1. The lowest BCUT2D eigenvalue weighted by atomic mass is 9.96. The molecule has 0 N–H and O–H groups in total. The Morgan fingerprint density at radius 1 is 1.58 bits per heavy atom. The topological polar surface area (TPSA) is 0 Å². The summed E-state index contributed by atoms with van der Waals surface area (Å²) in [6.07, 6.45) is 6.72. The predicted octanol–water partition coefficient (Wildman–Crippen LogP) is 3.88. The quantitative estimate of drug-likeness (QED) is 0.600. The van der Waals surface area contributed by atoms with Crippen molar-refractivity contribution in [2.75, 3.05) is 11.5 Å². The molecular weight excluding hydrogens is 164 g/mol. The van der Waals surface area contributed by atoms with E-state index in [9.17, 15) is 0 Å². The van der Waals surface area contributed by atoms with Gasteiger partial charge in [0, 0.05) is 0 Å². The molecule has 0 amide bonds. The minimum atomic E-state index is 0.935. The highest BCUT2D eigenvalue weighted by Crippen LogP contribution is 2.28. The van der Waals surface area contributed by atoms with E-state index >= 15 is 0 Å². The SMILES string of the molecule is C=C1CCSCC(CCCC)C1. The molecule has 0 aliphatic carbocycles. The van der Waals surface area contributed by atoms with E-state index in [-0.39, 0.29) is 0 Å². The number of hydrogen-bond acceptors (Lipinski definition) is 1. The van der Waals surface area contributed by atoms with Gasteiger partial charge < -0.3 is 0 Å². The first kappa shape index (κ1) is 10.2. The van der Waals surface area contributed by atoms with E-state index in [1.165, 1.54) is 49.2 Å². The molecule has 0 saturated carbocycles. The summed E-state index contributed by atoms with van der Waals surface area (Å²) in [6.45, 7) is 6.40. The molecule has 1 aliphatic rings. The van der Waals surface area contributed by atoms with Crippen molar-refractivity contribution in [1.29, 1.82) is 0 Å². The molecule has 1 heteroatoms. The van der Waals surface area contributed by atoms with Crippen LogP contribution in [0.2, 0.25) is 0 Å². The number of rotatable bonds is 3. The Morgan fingerprint density at radius 3 is 3.17 bits per heavy atom. The minimum Gasteiger partial charge on any atom is -0.161 e. The molecule has 70 valence electrons. The second kappa shape index (κ2) is 5.69. The molecule has 1 rings (SSSR count). The molecule has 1 fully saturated rings. The van der Waals surface area contributed by atoms with Crippen molar-refractivity contribution in [3.63, 3.8) is 0 Å². The van der Waals surface area contributed by atoms with Gasteiger partial charge in [-0.2, -0.15) is 11.8 Å². The number of unbranched alkanes of at least 4 members (excludes halogenated alkanes) is 1. The van der Waals surface area contributed by atoms with Crippen LogP contribution in [-0.4, -0.2) is 11.5 Å². The molecule has 1 unspecified atom stereocenters. The summed E-state index contributed by atoms with van der Waals surface area (Å²) >= 11 is 2.12. The van der Waals surface area contributed by atoms with Crippen LogP contribution in [0.3, 0.4) is 0 Å². The Bertz CT molecular complexity index is 140. The Balaban J connectivity index is 2.26. The second-order valence-electron chi connectivity index (χ2n) is 3.79. The van der Waals surface area contributed by atoms with E-state index < -0.39 is 0 Å². The summed E-state index contributed by atoms with van der Waals surface area (Å²) in [4.78, 5) is 0. The van der Waals surface area contributed by atoms with Crippen molar-refractivity contribution in [2.24, 2.45) is 5.92 Å². The first-order valence-corrected chi connectivity index (χ1v) is 6.22. The zero-order valence-electron chi connectivity index (χ0n) is 8.14. The zero-order valence-corrected chi connectivity index (χ0v) is 8.96. The fourth-order valence-electron chi connectivity index (χ4n) is 1.71. The lowest BCUT2D eigenvalue weighted by molar-refractivity contribution is 0.510. The minimum absolute atomic E-state index is 0.935. The lowest BCUT2D eigenvalue weighted by Gasteiger charge is -2.12. The van der Waals surface area contributed by atoms with Gasteiger partial charge in [0.25, 0.3) is 0 Å². The summed E-state index contributed by atoms with van der Waals surface area (Å²) < 4.78 is 0. The molecular formula is C11H20S. The molecule has 1 saturated heterocycles. The van der Waals surface area contributed by atoms with Crippen LogP contribution in [0.5, 0.6) is 0 Å². The van der Waals surface area contributed by atoms with Crippen LogP contribution < -0.4 is 0 Å². The summed E-state index contributed by atoms with van der Waals surface area (Å²) in [6, 6.07) is 0. The number of hydrogen-bond donors (Lipinski definition) is 0. The van der Waals surface area contributed by atoms with Gasteiger partial charge in [-0.1, -0.05) is 31.9 Å². The Kier molecular flexibility index (Phi) is 4.82. The smallest absolute Gasteiger partial charge is 0.00302 e. The van der Waals surface area contributed by atoms with Crippen molar-refractivity contribution in [1.82, 2.24) is 0 Å². The van der Waals surface area contributed by atoms with E-state index in [0.29, 0.717) is 0 Å². The van der Waals surface area contributed by atoms with Gasteiger partial charge in [0.2, 0.25) is 0 Å². The fraction of sp³-hybridized carbons (Fsp3) is 0.818. The highest BCUT2D eigenvalue weighted by atomic mass is 32.2. The Labute approximate surface area is 80.8 Å². The zero-order chi connectivity index (χ0) is 8.81. The standard InChI is InChI=1S/C11H20S/c1-3-4-5-11-8-10(2)6-7-12-9-11/h11H,2-9H2,1H3. The molecule has 0 aromatic carbocycles. The summed E-state index contributed by atoms with van der Waals surface area (Å²) in [7, 11) is 0. The molecule has 0 spiro atoms. The van der Waals surface area contributed by atoms with Crippen LogP contribution in [0.1, 0.15) is 39.0 Å². The molecule has 0 bridgehead atoms. The third kappa shape index (κ3) is 3.66. The van der Waals surface area contributed by atoms with Crippen LogP contribution in [0, 0.1) is 5.92 Å². The van der Waals surface area contributed by atoms with Gasteiger partial charge in [-0.05, 0) is 36.7 Å². The molecule has 1 aliphatic heterocycles. The van der Waals surface area contributed by atoms with Crippen LogP contribution in [0.4, 0.5) is 0 Å². The number of thioether (sulfide) groups is 1. The van der Waals surface area contributed by atoms with Gasteiger partial charge in [0.05, 0.1) is 0 Å². The maximum absolute atomic E-state index is 4.12. The van der Waals surface area contributed by atoms with Crippen molar-refractivity contribution < 1.29 is 0 Å². The van der Waals surface area contributed by atoms with E-state index in [0.717, 1.165) is 5.92 Å². The van der Waals surface area contributed by atoms with Crippen molar-refractivity contribution in [3.05, 3.63) is 12.2 Å². The first-order chi connectivity index (χ1) is 5.83. The van der Waals surface area contributed by atoms with Crippen molar-refractivity contribution in [2.45, 2.75) is 39.0 Å². The molecule has 12 heavy (non-hydrogen) atoms. The molecule has 0 aromatic heterocycles. The van der Waals surface area contributed by atoms with Crippen LogP contribution >= 0.6 is 11.8 Å². The molecule has 0 radical (unpaired) electrons. The highest BCUT2D eigenvalue weighted by Gasteiger charge is 2.13. The van der Waals surface area contributed by atoms with Crippen LogP contribution in [-0.2, 0) is 0 Å². The summed E-state index contributed by atoms with van der Waals surface area (Å²) in [5, 5.41) is 0. The average molecular weight is 184 g/mol. The molecule has 0 aromatic rings. The maximum Gasteiger partial charge on any atom is -0.00302 e. The predicted molar refractivity (Wildman–Crippen MR) is 58.7 cm³/mol.